The Kier molecular flexibility index (Phi) is 10.7. The minimum atomic E-state index is 0. The van der Waals surface area contributed by atoms with Crippen LogP contribution in [-0.2, 0) is 4.74 Å². The molecule has 114 valence electrons. The zero-order chi connectivity index (χ0) is 13.4. The van der Waals surface area contributed by atoms with Crippen molar-refractivity contribution in [2.45, 2.75) is 33.1 Å². The summed E-state index contributed by atoms with van der Waals surface area (Å²) in [5.41, 5.74) is 0. The van der Waals surface area contributed by atoms with Gasteiger partial charge < -0.3 is 15.0 Å². The molecule has 1 aliphatic heterocycles. The molecule has 1 rings (SSSR count). The summed E-state index contributed by atoms with van der Waals surface area (Å²) in [5, 5.41) is 3.41. The van der Waals surface area contributed by atoms with Gasteiger partial charge >= 0.3 is 0 Å². The van der Waals surface area contributed by atoms with Gasteiger partial charge in [-0.15, -0.1) is 24.0 Å². The van der Waals surface area contributed by atoms with Crippen molar-refractivity contribution >= 4 is 29.9 Å². The van der Waals surface area contributed by atoms with E-state index in [0.29, 0.717) is 5.92 Å². The molecule has 0 aliphatic carbocycles. The van der Waals surface area contributed by atoms with Crippen LogP contribution in [0.4, 0.5) is 0 Å². The SMILES string of the molecule is CN=C(NCC(C)C)N(C)CCC1CCOCC1.I. The molecular weight excluding hydrogens is 353 g/mol. The van der Waals surface area contributed by atoms with E-state index in [9.17, 15) is 0 Å². The first kappa shape index (κ1) is 19.0. The smallest absolute Gasteiger partial charge is 0.193 e. The van der Waals surface area contributed by atoms with E-state index in [1.165, 1.54) is 19.3 Å². The molecule has 4 nitrogen and oxygen atoms in total. The minimum Gasteiger partial charge on any atom is -0.381 e. The van der Waals surface area contributed by atoms with E-state index in [1.54, 1.807) is 0 Å². The predicted molar refractivity (Wildman–Crippen MR) is 92.4 cm³/mol. The Morgan fingerprint density at radius 2 is 2.00 bits per heavy atom. The van der Waals surface area contributed by atoms with Gasteiger partial charge in [0, 0.05) is 40.4 Å². The van der Waals surface area contributed by atoms with E-state index in [-0.39, 0.29) is 24.0 Å². The van der Waals surface area contributed by atoms with Crippen molar-refractivity contribution in [1.29, 1.82) is 0 Å². The van der Waals surface area contributed by atoms with Gasteiger partial charge in [-0.3, -0.25) is 4.99 Å². The number of hydrogen-bond donors (Lipinski definition) is 1. The Morgan fingerprint density at radius 1 is 1.37 bits per heavy atom. The largest absolute Gasteiger partial charge is 0.381 e. The standard InChI is InChI=1S/C14H29N3O.HI/c1-12(2)11-16-14(15-3)17(4)8-5-13-6-9-18-10-7-13;/h12-13H,5-11H2,1-4H3,(H,15,16);1H. The highest BCUT2D eigenvalue weighted by molar-refractivity contribution is 14.0. The predicted octanol–water partition coefficient (Wildman–Crippen LogP) is 2.58. The molecule has 1 N–H and O–H groups in total. The summed E-state index contributed by atoms with van der Waals surface area (Å²) in [7, 11) is 3.97. The van der Waals surface area contributed by atoms with Crippen molar-refractivity contribution in [3.8, 4) is 0 Å². The average molecular weight is 383 g/mol. The fourth-order valence-electron chi connectivity index (χ4n) is 2.20. The summed E-state index contributed by atoms with van der Waals surface area (Å²) in [6, 6.07) is 0. The first-order valence-electron chi connectivity index (χ1n) is 7.13. The van der Waals surface area contributed by atoms with Crippen LogP contribution >= 0.6 is 24.0 Å². The molecule has 19 heavy (non-hydrogen) atoms. The zero-order valence-corrected chi connectivity index (χ0v) is 15.1. The molecule has 0 aromatic heterocycles. The molecule has 0 bridgehead atoms. The number of nitrogens with one attached hydrogen (secondary N) is 1. The molecule has 0 unspecified atom stereocenters. The van der Waals surface area contributed by atoms with Crippen LogP contribution in [0.3, 0.4) is 0 Å². The van der Waals surface area contributed by atoms with Crippen LogP contribution in [0.2, 0.25) is 0 Å². The number of aliphatic imine (C=N–C) groups is 1. The lowest BCUT2D eigenvalue weighted by molar-refractivity contribution is 0.0625. The third kappa shape index (κ3) is 7.97. The van der Waals surface area contributed by atoms with Crippen molar-refractivity contribution < 1.29 is 4.74 Å². The third-order valence-corrected chi connectivity index (χ3v) is 3.46. The molecule has 0 radical (unpaired) electrons. The molecule has 1 saturated heterocycles. The van der Waals surface area contributed by atoms with Gasteiger partial charge in [-0.2, -0.15) is 0 Å². The maximum Gasteiger partial charge on any atom is 0.193 e. The Morgan fingerprint density at radius 3 is 2.53 bits per heavy atom. The van der Waals surface area contributed by atoms with Crippen molar-refractivity contribution in [2.75, 3.05) is 40.4 Å². The number of halogens is 1. The number of rotatable bonds is 5. The van der Waals surface area contributed by atoms with Gasteiger partial charge in [0.2, 0.25) is 0 Å². The summed E-state index contributed by atoms with van der Waals surface area (Å²) >= 11 is 0. The maximum absolute atomic E-state index is 5.39. The topological polar surface area (TPSA) is 36.9 Å². The molecular formula is C14H30IN3O. The zero-order valence-electron chi connectivity index (χ0n) is 12.8. The Balaban J connectivity index is 0.00000324. The van der Waals surface area contributed by atoms with Crippen molar-refractivity contribution in [2.24, 2.45) is 16.8 Å². The van der Waals surface area contributed by atoms with Gasteiger partial charge in [-0.25, -0.2) is 0 Å². The molecule has 0 amide bonds. The molecule has 1 fully saturated rings. The minimum absolute atomic E-state index is 0. The normalized spacial score (nSPS) is 17.2. The quantitative estimate of drug-likeness (QED) is 0.451. The Hall–Kier alpha value is -0.0400. The van der Waals surface area contributed by atoms with Crippen LogP contribution < -0.4 is 5.32 Å². The molecule has 0 atom stereocenters. The summed E-state index contributed by atoms with van der Waals surface area (Å²) in [6.45, 7) is 8.35. The van der Waals surface area contributed by atoms with Crippen LogP contribution in [0.5, 0.6) is 0 Å². The number of ether oxygens (including phenoxy) is 1. The highest BCUT2D eigenvalue weighted by Crippen LogP contribution is 2.18. The van der Waals surface area contributed by atoms with E-state index < -0.39 is 0 Å². The van der Waals surface area contributed by atoms with Crippen LogP contribution in [0.25, 0.3) is 0 Å². The monoisotopic (exact) mass is 383 g/mol. The first-order valence-corrected chi connectivity index (χ1v) is 7.13. The molecule has 5 heteroatoms. The van der Waals surface area contributed by atoms with Crippen molar-refractivity contribution in [3.05, 3.63) is 0 Å². The fraction of sp³-hybridized carbons (Fsp3) is 0.929. The fourth-order valence-corrected chi connectivity index (χ4v) is 2.20. The second kappa shape index (κ2) is 10.7. The van der Waals surface area contributed by atoms with Gasteiger partial charge in [0.1, 0.15) is 0 Å². The van der Waals surface area contributed by atoms with Crippen molar-refractivity contribution in [3.63, 3.8) is 0 Å². The Labute approximate surface area is 135 Å². The molecule has 0 spiro atoms. The Bertz CT molecular complexity index is 253. The number of guanidine groups is 1. The summed E-state index contributed by atoms with van der Waals surface area (Å²) in [5.74, 6) is 2.48. The molecule has 1 heterocycles. The van der Waals surface area contributed by atoms with E-state index >= 15 is 0 Å². The van der Waals surface area contributed by atoms with Gasteiger partial charge in [0.25, 0.3) is 0 Å². The highest BCUT2D eigenvalue weighted by atomic mass is 127. The van der Waals surface area contributed by atoms with Gasteiger partial charge in [0.05, 0.1) is 0 Å². The van der Waals surface area contributed by atoms with E-state index in [0.717, 1.165) is 38.2 Å². The maximum atomic E-state index is 5.39. The third-order valence-electron chi connectivity index (χ3n) is 3.46. The molecule has 0 aromatic rings. The van der Waals surface area contributed by atoms with E-state index in [2.05, 4.69) is 36.1 Å². The second-order valence-corrected chi connectivity index (χ2v) is 5.59. The van der Waals surface area contributed by atoms with Crippen molar-refractivity contribution in [1.82, 2.24) is 10.2 Å². The molecule has 1 aliphatic rings. The summed E-state index contributed by atoms with van der Waals surface area (Å²) in [6.07, 6.45) is 3.67. The van der Waals surface area contributed by atoms with Crippen LogP contribution in [-0.4, -0.2) is 51.3 Å². The summed E-state index contributed by atoms with van der Waals surface area (Å²) < 4.78 is 5.39. The van der Waals surface area contributed by atoms with Gasteiger partial charge in [0.15, 0.2) is 5.96 Å². The van der Waals surface area contributed by atoms with E-state index in [1.807, 2.05) is 7.05 Å². The second-order valence-electron chi connectivity index (χ2n) is 5.59. The first-order chi connectivity index (χ1) is 8.63. The van der Waals surface area contributed by atoms with Gasteiger partial charge in [-0.05, 0) is 31.1 Å². The van der Waals surface area contributed by atoms with E-state index in [4.69, 9.17) is 4.74 Å². The molecule has 0 aromatic carbocycles. The lowest BCUT2D eigenvalue weighted by atomic mass is 9.96. The van der Waals surface area contributed by atoms with Crippen LogP contribution in [0, 0.1) is 11.8 Å². The number of hydrogen-bond acceptors (Lipinski definition) is 2. The van der Waals surface area contributed by atoms with Crippen LogP contribution in [0.1, 0.15) is 33.1 Å². The lowest BCUT2D eigenvalue weighted by Crippen LogP contribution is -2.41. The summed E-state index contributed by atoms with van der Waals surface area (Å²) in [4.78, 5) is 6.56. The highest BCUT2D eigenvalue weighted by Gasteiger charge is 2.15. The number of nitrogens with zero attached hydrogens (tertiary/aromatic N) is 2. The average Bonchev–Trinajstić information content (AvgIpc) is 2.38. The van der Waals surface area contributed by atoms with Gasteiger partial charge in [-0.1, -0.05) is 13.8 Å². The lowest BCUT2D eigenvalue weighted by Gasteiger charge is -2.27. The van der Waals surface area contributed by atoms with Crippen LogP contribution in [0.15, 0.2) is 4.99 Å². The molecule has 0 saturated carbocycles.